The monoisotopic (exact) mass is 297 g/mol. The second-order valence-corrected chi connectivity index (χ2v) is 4.72. The number of hydrogen-bond donors (Lipinski definition) is 1. The fraction of sp³-hybridized carbons (Fsp3) is 0.133. The van der Waals surface area contributed by atoms with Crippen molar-refractivity contribution in [1.82, 2.24) is 19.6 Å². The van der Waals surface area contributed by atoms with Crippen LogP contribution < -0.4 is 10.1 Å². The molecular formula is C15H15N5O2. The normalized spacial score (nSPS) is 10.5. The summed E-state index contributed by atoms with van der Waals surface area (Å²) in [6.07, 6.45) is 3.27. The van der Waals surface area contributed by atoms with Gasteiger partial charge in [0.1, 0.15) is 17.3 Å². The number of carbonyl (C=O) groups is 1. The zero-order valence-corrected chi connectivity index (χ0v) is 12.2. The number of rotatable bonds is 4. The summed E-state index contributed by atoms with van der Waals surface area (Å²) in [7, 11) is 3.55. The SMILES string of the molecule is Cn1nccc1Nc1ccc(OC(=O)c2ccnn2C)cc1. The highest BCUT2D eigenvalue weighted by atomic mass is 16.5. The molecule has 2 heterocycles. The summed E-state index contributed by atoms with van der Waals surface area (Å²) in [5.74, 6) is 0.911. The van der Waals surface area contributed by atoms with E-state index in [4.69, 9.17) is 4.74 Å². The maximum Gasteiger partial charge on any atom is 0.361 e. The Morgan fingerprint density at radius 1 is 1.00 bits per heavy atom. The highest BCUT2D eigenvalue weighted by Crippen LogP contribution is 2.20. The molecule has 3 aromatic rings. The lowest BCUT2D eigenvalue weighted by Gasteiger charge is -2.08. The van der Waals surface area contributed by atoms with E-state index in [0.29, 0.717) is 11.4 Å². The van der Waals surface area contributed by atoms with E-state index < -0.39 is 5.97 Å². The Morgan fingerprint density at radius 3 is 2.27 bits per heavy atom. The molecule has 0 radical (unpaired) electrons. The molecule has 0 spiro atoms. The van der Waals surface area contributed by atoms with Gasteiger partial charge < -0.3 is 10.1 Å². The molecule has 3 rings (SSSR count). The van der Waals surface area contributed by atoms with Gasteiger partial charge in [0.05, 0.1) is 6.20 Å². The van der Waals surface area contributed by atoms with Gasteiger partial charge in [0, 0.05) is 32.0 Å². The molecule has 2 aromatic heterocycles. The second kappa shape index (κ2) is 5.72. The lowest BCUT2D eigenvalue weighted by atomic mass is 10.3. The second-order valence-electron chi connectivity index (χ2n) is 4.72. The Morgan fingerprint density at radius 2 is 1.68 bits per heavy atom. The number of aryl methyl sites for hydroxylation is 2. The van der Waals surface area contributed by atoms with E-state index in [-0.39, 0.29) is 0 Å². The molecule has 0 unspecified atom stereocenters. The molecule has 0 saturated heterocycles. The first-order valence-corrected chi connectivity index (χ1v) is 6.69. The number of nitrogens with zero attached hydrogens (tertiary/aromatic N) is 4. The highest BCUT2D eigenvalue weighted by molar-refractivity contribution is 5.89. The van der Waals surface area contributed by atoms with E-state index in [1.54, 1.807) is 42.3 Å². The van der Waals surface area contributed by atoms with Gasteiger partial charge in [-0.15, -0.1) is 0 Å². The average molecular weight is 297 g/mol. The number of esters is 1. The van der Waals surface area contributed by atoms with Crippen molar-refractivity contribution in [3.05, 3.63) is 54.5 Å². The fourth-order valence-corrected chi connectivity index (χ4v) is 1.98. The predicted octanol–water partition coefficient (Wildman–Crippen LogP) is 2.12. The van der Waals surface area contributed by atoms with Crippen LogP contribution in [-0.2, 0) is 14.1 Å². The Labute approximate surface area is 127 Å². The van der Waals surface area contributed by atoms with E-state index in [1.165, 1.54) is 4.68 Å². The highest BCUT2D eigenvalue weighted by Gasteiger charge is 2.12. The van der Waals surface area contributed by atoms with Crippen molar-refractivity contribution in [2.24, 2.45) is 14.1 Å². The largest absolute Gasteiger partial charge is 0.422 e. The molecule has 0 aliphatic rings. The number of benzene rings is 1. The zero-order chi connectivity index (χ0) is 15.5. The summed E-state index contributed by atoms with van der Waals surface area (Å²) >= 11 is 0. The molecule has 0 saturated carbocycles. The summed E-state index contributed by atoms with van der Waals surface area (Å²) in [6, 6.07) is 10.6. The third kappa shape index (κ3) is 2.83. The van der Waals surface area contributed by atoms with Crippen LogP contribution in [0.5, 0.6) is 5.75 Å². The van der Waals surface area contributed by atoms with Gasteiger partial charge in [0.2, 0.25) is 0 Å². The smallest absolute Gasteiger partial charge is 0.361 e. The van der Waals surface area contributed by atoms with Gasteiger partial charge in [-0.25, -0.2) is 4.79 Å². The quantitative estimate of drug-likeness (QED) is 0.590. The molecular weight excluding hydrogens is 282 g/mol. The van der Waals surface area contributed by atoms with Crippen molar-refractivity contribution in [3.8, 4) is 5.75 Å². The van der Waals surface area contributed by atoms with Gasteiger partial charge in [-0.3, -0.25) is 9.36 Å². The first-order chi connectivity index (χ1) is 10.6. The van der Waals surface area contributed by atoms with Gasteiger partial charge in [0.25, 0.3) is 0 Å². The number of anilines is 2. The van der Waals surface area contributed by atoms with Crippen LogP contribution in [0.25, 0.3) is 0 Å². The molecule has 7 heteroatoms. The number of nitrogens with one attached hydrogen (secondary N) is 1. The van der Waals surface area contributed by atoms with Crippen LogP contribution >= 0.6 is 0 Å². The Hall–Kier alpha value is -3.09. The van der Waals surface area contributed by atoms with Gasteiger partial charge in [-0.2, -0.15) is 10.2 Å². The molecule has 1 aromatic carbocycles. The van der Waals surface area contributed by atoms with Gasteiger partial charge >= 0.3 is 5.97 Å². The van der Waals surface area contributed by atoms with Crippen molar-refractivity contribution >= 4 is 17.5 Å². The van der Waals surface area contributed by atoms with Gasteiger partial charge in [0.15, 0.2) is 0 Å². The van der Waals surface area contributed by atoms with Crippen molar-refractivity contribution in [2.75, 3.05) is 5.32 Å². The minimum atomic E-state index is -0.438. The zero-order valence-electron chi connectivity index (χ0n) is 12.2. The minimum absolute atomic E-state index is 0.400. The number of hydrogen-bond acceptors (Lipinski definition) is 5. The maximum absolute atomic E-state index is 12.0. The van der Waals surface area contributed by atoms with Crippen LogP contribution in [0.3, 0.4) is 0 Å². The van der Waals surface area contributed by atoms with Gasteiger partial charge in [-0.05, 0) is 30.3 Å². The first-order valence-electron chi connectivity index (χ1n) is 6.69. The third-order valence-corrected chi connectivity index (χ3v) is 3.19. The number of ether oxygens (including phenoxy) is 1. The molecule has 0 atom stereocenters. The van der Waals surface area contributed by atoms with Crippen molar-refractivity contribution in [2.45, 2.75) is 0 Å². The van der Waals surface area contributed by atoms with E-state index >= 15 is 0 Å². The van der Waals surface area contributed by atoms with Crippen molar-refractivity contribution < 1.29 is 9.53 Å². The van der Waals surface area contributed by atoms with Crippen molar-refractivity contribution in [3.63, 3.8) is 0 Å². The molecule has 0 aliphatic carbocycles. The molecule has 0 amide bonds. The molecule has 112 valence electrons. The number of carbonyl (C=O) groups excluding carboxylic acids is 1. The molecule has 0 aliphatic heterocycles. The Kier molecular flexibility index (Phi) is 3.61. The van der Waals surface area contributed by atoms with Crippen LogP contribution in [0.1, 0.15) is 10.5 Å². The lowest BCUT2D eigenvalue weighted by Crippen LogP contribution is -2.13. The van der Waals surface area contributed by atoms with E-state index in [0.717, 1.165) is 11.5 Å². The lowest BCUT2D eigenvalue weighted by molar-refractivity contribution is 0.0723. The summed E-state index contributed by atoms with van der Waals surface area (Å²) in [4.78, 5) is 12.0. The Balaban J connectivity index is 1.68. The fourth-order valence-electron chi connectivity index (χ4n) is 1.98. The molecule has 0 bridgehead atoms. The van der Waals surface area contributed by atoms with Crippen LogP contribution in [0.2, 0.25) is 0 Å². The van der Waals surface area contributed by atoms with Gasteiger partial charge in [-0.1, -0.05) is 0 Å². The maximum atomic E-state index is 12.0. The van der Waals surface area contributed by atoms with Crippen LogP contribution in [-0.4, -0.2) is 25.5 Å². The van der Waals surface area contributed by atoms with Crippen LogP contribution in [0, 0.1) is 0 Å². The predicted molar refractivity (Wildman–Crippen MR) is 81.1 cm³/mol. The molecule has 7 nitrogen and oxygen atoms in total. The average Bonchev–Trinajstić information content (AvgIpc) is 3.10. The summed E-state index contributed by atoms with van der Waals surface area (Å²) in [6.45, 7) is 0. The minimum Gasteiger partial charge on any atom is -0.422 e. The molecule has 0 fully saturated rings. The van der Waals surface area contributed by atoms with Crippen LogP contribution in [0.4, 0.5) is 11.5 Å². The van der Waals surface area contributed by atoms with Crippen LogP contribution in [0.15, 0.2) is 48.8 Å². The number of aromatic nitrogens is 4. The van der Waals surface area contributed by atoms with E-state index in [1.807, 2.05) is 25.2 Å². The van der Waals surface area contributed by atoms with E-state index in [2.05, 4.69) is 15.5 Å². The first kappa shape index (κ1) is 13.9. The van der Waals surface area contributed by atoms with Crippen molar-refractivity contribution in [1.29, 1.82) is 0 Å². The summed E-state index contributed by atoms with van der Waals surface area (Å²) in [5.41, 5.74) is 1.28. The summed E-state index contributed by atoms with van der Waals surface area (Å²) in [5, 5.41) is 11.2. The Bertz CT molecular complexity index is 788. The summed E-state index contributed by atoms with van der Waals surface area (Å²) < 4.78 is 8.51. The molecule has 22 heavy (non-hydrogen) atoms. The third-order valence-electron chi connectivity index (χ3n) is 3.19. The topological polar surface area (TPSA) is 74.0 Å². The molecule has 1 N–H and O–H groups in total. The standard InChI is InChI=1S/C15H15N5O2/c1-19-13(7-9-16-19)15(21)22-12-5-3-11(4-6-12)18-14-8-10-17-20(14)2/h3-10,18H,1-2H3. The van der Waals surface area contributed by atoms with E-state index in [9.17, 15) is 4.79 Å².